The molecule has 0 unspecified atom stereocenters. The average Bonchev–Trinajstić information content (AvgIpc) is 2.35. The number of carbonyl (C=O) groups is 1. The second-order valence-electron chi connectivity index (χ2n) is 3.71. The van der Waals surface area contributed by atoms with Crippen LogP contribution >= 0.6 is 0 Å². The van der Waals surface area contributed by atoms with Crippen LogP contribution in [0.4, 0.5) is 0 Å². The number of carbonyl (C=O) groups excluding carboxylic acids is 1. The molecular formula is C13H17NO3. The average molecular weight is 235 g/mol. The van der Waals surface area contributed by atoms with Crippen LogP contribution in [0.15, 0.2) is 29.4 Å². The van der Waals surface area contributed by atoms with Gasteiger partial charge in [0, 0.05) is 5.56 Å². The molecule has 92 valence electrons. The number of hydrogen-bond donors (Lipinski definition) is 1. The Morgan fingerprint density at radius 2 is 2.00 bits per heavy atom. The van der Waals surface area contributed by atoms with Crippen LogP contribution in [0.1, 0.15) is 42.6 Å². The molecule has 0 spiro atoms. The maximum atomic E-state index is 11.4. The van der Waals surface area contributed by atoms with Crippen molar-refractivity contribution in [2.45, 2.75) is 26.7 Å². The topological polar surface area (TPSA) is 58.9 Å². The van der Waals surface area contributed by atoms with E-state index in [1.807, 2.05) is 6.92 Å². The standard InChI is InChI=1S/C13H17NO3/c1-3-4-9-17-13(14-16)12-8-6-5-7-11(12)10(2)15/h5-8,16H,3-4,9H2,1-2H3. The van der Waals surface area contributed by atoms with E-state index < -0.39 is 0 Å². The van der Waals surface area contributed by atoms with Gasteiger partial charge in [-0.1, -0.05) is 31.5 Å². The van der Waals surface area contributed by atoms with Crippen LogP contribution < -0.4 is 0 Å². The lowest BCUT2D eigenvalue weighted by atomic mass is 10.0. The molecule has 4 nitrogen and oxygen atoms in total. The molecule has 0 bridgehead atoms. The van der Waals surface area contributed by atoms with E-state index in [1.165, 1.54) is 6.92 Å². The number of Topliss-reactive ketones (excluding diaryl/α,β-unsaturated/α-hetero) is 1. The highest BCUT2D eigenvalue weighted by Gasteiger charge is 2.13. The van der Waals surface area contributed by atoms with Crippen LogP contribution in [0.3, 0.4) is 0 Å². The van der Waals surface area contributed by atoms with Gasteiger partial charge in [0.2, 0.25) is 0 Å². The van der Waals surface area contributed by atoms with Gasteiger partial charge in [0.15, 0.2) is 5.78 Å². The molecule has 0 radical (unpaired) electrons. The third-order valence-corrected chi connectivity index (χ3v) is 2.36. The molecule has 1 rings (SSSR count). The van der Waals surface area contributed by atoms with E-state index in [0.29, 0.717) is 17.7 Å². The lowest BCUT2D eigenvalue weighted by molar-refractivity contribution is 0.101. The summed E-state index contributed by atoms with van der Waals surface area (Å²) in [7, 11) is 0. The van der Waals surface area contributed by atoms with Gasteiger partial charge in [-0.25, -0.2) is 0 Å². The molecule has 0 amide bonds. The fraction of sp³-hybridized carbons (Fsp3) is 0.385. The summed E-state index contributed by atoms with van der Waals surface area (Å²) in [5.74, 6) is 0.0186. The van der Waals surface area contributed by atoms with Gasteiger partial charge in [-0.3, -0.25) is 4.79 Å². The molecule has 0 atom stereocenters. The molecule has 1 N–H and O–H groups in total. The van der Waals surface area contributed by atoms with E-state index in [9.17, 15) is 4.79 Å². The Kier molecular flexibility index (Phi) is 5.20. The van der Waals surface area contributed by atoms with Crippen molar-refractivity contribution in [3.05, 3.63) is 35.4 Å². The number of oxime groups is 1. The van der Waals surface area contributed by atoms with Crippen LogP contribution in [-0.2, 0) is 4.74 Å². The van der Waals surface area contributed by atoms with E-state index in [-0.39, 0.29) is 11.7 Å². The van der Waals surface area contributed by atoms with E-state index >= 15 is 0 Å². The lowest BCUT2D eigenvalue weighted by Gasteiger charge is -2.09. The maximum absolute atomic E-state index is 11.4. The number of unbranched alkanes of at least 4 members (excludes halogenated alkanes) is 1. The molecule has 1 aromatic carbocycles. The molecule has 0 heterocycles. The summed E-state index contributed by atoms with van der Waals surface area (Å²) in [6, 6.07) is 6.93. The molecule has 17 heavy (non-hydrogen) atoms. The Bertz CT molecular complexity index is 413. The van der Waals surface area contributed by atoms with Crippen LogP contribution in [0.2, 0.25) is 0 Å². The molecule has 0 aliphatic heterocycles. The summed E-state index contributed by atoms with van der Waals surface area (Å²) in [6.45, 7) is 3.99. The fourth-order valence-electron chi connectivity index (χ4n) is 1.45. The first-order chi connectivity index (χ1) is 8.20. The molecular weight excluding hydrogens is 218 g/mol. The summed E-state index contributed by atoms with van der Waals surface area (Å²) in [4.78, 5) is 11.4. The fourth-order valence-corrected chi connectivity index (χ4v) is 1.45. The zero-order valence-corrected chi connectivity index (χ0v) is 10.1. The zero-order valence-electron chi connectivity index (χ0n) is 10.1. The Balaban J connectivity index is 2.92. The van der Waals surface area contributed by atoms with Crippen molar-refractivity contribution in [1.29, 1.82) is 0 Å². The van der Waals surface area contributed by atoms with E-state index in [2.05, 4.69) is 5.16 Å². The quantitative estimate of drug-likeness (QED) is 0.213. The van der Waals surface area contributed by atoms with Gasteiger partial charge in [-0.15, -0.1) is 0 Å². The Hall–Kier alpha value is -1.84. The van der Waals surface area contributed by atoms with E-state index in [4.69, 9.17) is 9.94 Å². The van der Waals surface area contributed by atoms with Crippen molar-refractivity contribution < 1.29 is 14.7 Å². The number of ether oxygens (including phenoxy) is 1. The summed E-state index contributed by atoms with van der Waals surface area (Å²) in [5, 5.41) is 12.1. The van der Waals surface area contributed by atoms with Gasteiger partial charge in [-0.05, 0) is 24.6 Å². The third kappa shape index (κ3) is 3.59. The van der Waals surface area contributed by atoms with Crippen LogP contribution in [-0.4, -0.2) is 23.5 Å². The molecule has 0 aliphatic carbocycles. The predicted octanol–water partition coefficient (Wildman–Crippen LogP) is 2.84. The van der Waals surface area contributed by atoms with Crippen LogP contribution in [0.5, 0.6) is 0 Å². The van der Waals surface area contributed by atoms with E-state index in [1.54, 1.807) is 24.3 Å². The Morgan fingerprint density at radius 3 is 2.53 bits per heavy atom. The number of benzene rings is 1. The molecule has 0 fully saturated rings. The predicted molar refractivity (Wildman–Crippen MR) is 65.6 cm³/mol. The summed E-state index contributed by atoms with van der Waals surface area (Å²) in [5.41, 5.74) is 1.02. The van der Waals surface area contributed by atoms with Crippen LogP contribution in [0, 0.1) is 0 Å². The minimum absolute atomic E-state index is 0.0826. The molecule has 0 aromatic heterocycles. The Morgan fingerprint density at radius 1 is 1.35 bits per heavy atom. The normalized spacial score (nSPS) is 11.3. The minimum atomic E-state index is -0.0826. The molecule has 0 saturated carbocycles. The van der Waals surface area contributed by atoms with Gasteiger partial charge < -0.3 is 9.94 Å². The highest BCUT2D eigenvalue weighted by Crippen LogP contribution is 2.12. The number of rotatable bonds is 5. The first kappa shape index (κ1) is 13.2. The zero-order chi connectivity index (χ0) is 12.7. The van der Waals surface area contributed by atoms with Crippen LogP contribution in [0.25, 0.3) is 0 Å². The monoisotopic (exact) mass is 235 g/mol. The Labute approximate surface area is 101 Å². The summed E-state index contributed by atoms with van der Waals surface area (Å²) < 4.78 is 5.36. The minimum Gasteiger partial charge on any atom is -0.475 e. The second-order valence-corrected chi connectivity index (χ2v) is 3.71. The number of hydrogen-bond acceptors (Lipinski definition) is 4. The first-order valence-corrected chi connectivity index (χ1v) is 5.65. The van der Waals surface area contributed by atoms with Crippen molar-refractivity contribution in [1.82, 2.24) is 0 Å². The molecule has 0 saturated heterocycles. The van der Waals surface area contributed by atoms with Gasteiger partial charge in [-0.2, -0.15) is 0 Å². The van der Waals surface area contributed by atoms with Gasteiger partial charge in [0.25, 0.3) is 5.90 Å². The molecule has 1 aromatic rings. The van der Waals surface area contributed by atoms with Crippen molar-refractivity contribution in [2.75, 3.05) is 6.61 Å². The highest BCUT2D eigenvalue weighted by molar-refractivity contribution is 6.06. The molecule has 0 aliphatic rings. The van der Waals surface area contributed by atoms with Gasteiger partial charge in [0.05, 0.1) is 12.2 Å². The largest absolute Gasteiger partial charge is 0.475 e. The second kappa shape index (κ2) is 6.68. The smallest absolute Gasteiger partial charge is 0.258 e. The van der Waals surface area contributed by atoms with Gasteiger partial charge >= 0.3 is 0 Å². The summed E-state index contributed by atoms with van der Waals surface area (Å²) in [6.07, 6.45) is 1.87. The van der Waals surface area contributed by atoms with Crippen molar-refractivity contribution >= 4 is 11.7 Å². The highest BCUT2D eigenvalue weighted by atomic mass is 16.5. The van der Waals surface area contributed by atoms with E-state index in [0.717, 1.165) is 12.8 Å². The maximum Gasteiger partial charge on any atom is 0.258 e. The van der Waals surface area contributed by atoms with Gasteiger partial charge in [0.1, 0.15) is 0 Å². The number of nitrogens with zero attached hydrogens (tertiary/aromatic N) is 1. The first-order valence-electron chi connectivity index (χ1n) is 5.65. The lowest BCUT2D eigenvalue weighted by Crippen LogP contribution is -2.12. The third-order valence-electron chi connectivity index (χ3n) is 2.36. The van der Waals surface area contributed by atoms with Crippen molar-refractivity contribution in [2.24, 2.45) is 5.16 Å². The summed E-state index contributed by atoms with van der Waals surface area (Å²) >= 11 is 0. The van der Waals surface area contributed by atoms with Crippen molar-refractivity contribution in [3.8, 4) is 0 Å². The van der Waals surface area contributed by atoms with Crippen molar-refractivity contribution in [3.63, 3.8) is 0 Å². The SMILES string of the molecule is CCCCOC(=NO)c1ccccc1C(C)=O. The number of ketones is 1. The molecule has 4 heteroatoms.